The molecule has 0 bridgehead atoms. The first-order chi connectivity index (χ1) is 7.37. The lowest BCUT2D eigenvalue weighted by Gasteiger charge is -2.32. The van der Waals surface area contributed by atoms with Gasteiger partial charge in [0.25, 0.3) is 0 Å². The van der Waals surface area contributed by atoms with E-state index in [-0.39, 0.29) is 10.8 Å². The Bertz CT molecular complexity index is 385. The molecular weight excluding hydrogens is 192 g/mol. The van der Waals surface area contributed by atoms with Gasteiger partial charge in [-0.1, -0.05) is 50.1 Å². The van der Waals surface area contributed by atoms with Crippen LogP contribution in [0.25, 0.3) is 0 Å². The van der Waals surface area contributed by atoms with Gasteiger partial charge in [-0.05, 0) is 38.2 Å². The Morgan fingerprint density at radius 1 is 1.00 bits per heavy atom. The van der Waals surface area contributed by atoms with Crippen molar-refractivity contribution in [3.05, 3.63) is 35.9 Å². The maximum Gasteiger partial charge on any atom is 0.0266 e. The van der Waals surface area contributed by atoms with Crippen molar-refractivity contribution in [1.29, 1.82) is 0 Å². The molecule has 0 aromatic heterocycles. The fourth-order valence-electron chi connectivity index (χ4n) is 2.48. The Morgan fingerprint density at radius 2 is 1.56 bits per heavy atom. The molecule has 0 heteroatoms. The maximum absolute atomic E-state index is 3.30. The van der Waals surface area contributed by atoms with Crippen molar-refractivity contribution >= 4 is 0 Å². The maximum atomic E-state index is 3.30. The lowest BCUT2D eigenvalue weighted by atomic mass is 9.72. The topological polar surface area (TPSA) is 0 Å². The molecule has 16 heavy (non-hydrogen) atoms. The summed E-state index contributed by atoms with van der Waals surface area (Å²) in [6.45, 7) is 10.9. The summed E-state index contributed by atoms with van der Waals surface area (Å²) in [5.41, 5.74) is 1.64. The summed E-state index contributed by atoms with van der Waals surface area (Å²) in [7, 11) is 0. The molecular formula is C16H22. The van der Waals surface area contributed by atoms with E-state index >= 15 is 0 Å². The van der Waals surface area contributed by atoms with E-state index in [2.05, 4.69) is 69.9 Å². The van der Waals surface area contributed by atoms with Gasteiger partial charge in [-0.25, -0.2) is 0 Å². The molecule has 0 nitrogen and oxygen atoms in total. The molecule has 0 radical (unpaired) electrons. The molecule has 0 fully saturated rings. The minimum atomic E-state index is 0.0775. The number of hydrogen-bond acceptors (Lipinski definition) is 0. The zero-order chi connectivity index (χ0) is 12.2. The third-order valence-electron chi connectivity index (χ3n) is 2.90. The smallest absolute Gasteiger partial charge is 0.0266 e. The first kappa shape index (κ1) is 12.8. The van der Waals surface area contributed by atoms with E-state index in [1.807, 2.05) is 6.92 Å². The first-order valence-corrected chi connectivity index (χ1v) is 5.87. The van der Waals surface area contributed by atoms with Crippen LogP contribution >= 0.6 is 0 Å². The van der Waals surface area contributed by atoms with Crippen LogP contribution in [0, 0.1) is 17.3 Å². The van der Waals surface area contributed by atoms with E-state index in [0.717, 1.165) is 6.42 Å². The predicted molar refractivity (Wildman–Crippen MR) is 71.3 cm³/mol. The van der Waals surface area contributed by atoms with Gasteiger partial charge in [-0.15, -0.1) is 5.92 Å². The fraction of sp³-hybridized carbons (Fsp3) is 0.500. The number of rotatable bonds is 3. The van der Waals surface area contributed by atoms with Gasteiger partial charge < -0.3 is 0 Å². The molecule has 0 saturated heterocycles. The zero-order valence-electron chi connectivity index (χ0n) is 11.1. The van der Waals surface area contributed by atoms with E-state index < -0.39 is 0 Å². The van der Waals surface area contributed by atoms with Crippen molar-refractivity contribution < 1.29 is 0 Å². The highest BCUT2D eigenvalue weighted by Gasteiger charge is 2.28. The van der Waals surface area contributed by atoms with Gasteiger partial charge in [0.2, 0.25) is 0 Å². The highest BCUT2D eigenvalue weighted by molar-refractivity contribution is 5.25. The average Bonchev–Trinajstić information content (AvgIpc) is 2.17. The highest BCUT2D eigenvalue weighted by Crippen LogP contribution is 2.35. The standard InChI is InChI=1S/C16H22/c1-6-12-15(2,3)13-16(4,5)14-10-8-7-9-11-14/h7-11H,13H2,1-5H3. The predicted octanol–water partition coefficient (Wildman–Crippen LogP) is 4.40. The molecule has 86 valence electrons. The fourth-order valence-corrected chi connectivity index (χ4v) is 2.48. The van der Waals surface area contributed by atoms with Crippen molar-refractivity contribution in [3.63, 3.8) is 0 Å². The van der Waals surface area contributed by atoms with E-state index in [4.69, 9.17) is 0 Å². The second-order valence-electron chi connectivity index (χ2n) is 5.69. The van der Waals surface area contributed by atoms with Crippen molar-refractivity contribution in [2.75, 3.05) is 0 Å². The molecule has 0 aliphatic heterocycles. The van der Waals surface area contributed by atoms with Crippen LogP contribution in [-0.4, -0.2) is 0 Å². The Hall–Kier alpha value is -1.22. The molecule has 1 rings (SSSR count). The van der Waals surface area contributed by atoms with Crippen molar-refractivity contribution in [2.45, 2.75) is 46.5 Å². The summed E-state index contributed by atoms with van der Waals surface area (Å²) in [4.78, 5) is 0. The van der Waals surface area contributed by atoms with Gasteiger partial charge in [0.1, 0.15) is 0 Å². The van der Waals surface area contributed by atoms with Gasteiger partial charge in [-0.2, -0.15) is 0 Å². The Balaban J connectivity index is 2.91. The van der Waals surface area contributed by atoms with Gasteiger partial charge >= 0.3 is 0 Å². The van der Waals surface area contributed by atoms with Gasteiger partial charge in [0, 0.05) is 5.41 Å². The van der Waals surface area contributed by atoms with Crippen LogP contribution in [0.5, 0.6) is 0 Å². The molecule has 0 amide bonds. The SMILES string of the molecule is CC#CC(C)(C)CC(C)(C)c1ccccc1. The first-order valence-electron chi connectivity index (χ1n) is 5.87. The van der Waals surface area contributed by atoms with E-state index in [1.165, 1.54) is 5.56 Å². The molecule has 0 N–H and O–H groups in total. The quantitative estimate of drug-likeness (QED) is 0.654. The van der Waals surface area contributed by atoms with Crippen molar-refractivity contribution in [2.24, 2.45) is 5.41 Å². The van der Waals surface area contributed by atoms with Crippen LogP contribution < -0.4 is 0 Å². The lowest BCUT2D eigenvalue weighted by Crippen LogP contribution is -2.25. The summed E-state index contributed by atoms with van der Waals surface area (Å²) in [5.74, 6) is 6.33. The summed E-state index contributed by atoms with van der Waals surface area (Å²) in [6, 6.07) is 10.7. The Morgan fingerprint density at radius 3 is 2.06 bits per heavy atom. The minimum absolute atomic E-state index is 0.0775. The second-order valence-corrected chi connectivity index (χ2v) is 5.69. The highest BCUT2D eigenvalue weighted by atomic mass is 14.3. The van der Waals surface area contributed by atoms with Crippen LogP contribution in [0.4, 0.5) is 0 Å². The van der Waals surface area contributed by atoms with Crippen LogP contribution in [0.15, 0.2) is 30.3 Å². The Labute approximate surface area is 100 Å². The third kappa shape index (κ3) is 3.42. The molecule has 1 aromatic rings. The summed E-state index contributed by atoms with van der Waals surface area (Å²) in [6.07, 6.45) is 1.07. The number of benzene rings is 1. The van der Waals surface area contributed by atoms with Crippen LogP contribution in [-0.2, 0) is 5.41 Å². The van der Waals surface area contributed by atoms with Gasteiger partial charge in [0.15, 0.2) is 0 Å². The minimum Gasteiger partial charge on any atom is -0.106 e. The molecule has 0 atom stereocenters. The molecule has 0 saturated carbocycles. The van der Waals surface area contributed by atoms with Crippen LogP contribution in [0.3, 0.4) is 0 Å². The molecule has 0 aliphatic carbocycles. The molecule has 1 aromatic carbocycles. The van der Waals surface area contributed by atoms with E-state index in [1.54, 1.807) is 0 Å². The van der Waals surface area contributed by atoms with E-state index in [0.29, 0.717) is 0 Å². The number of hydrogen-bond donors (Lipinski definition) is 0. The normalized spacial score (nSPS) is 11.8. The third-order valence-corrected chi connectivity index (χ3v) is 2.90. The molecule has 0 aliphatic rings. The molecule has 0 heterocycles. The zero-order valence-corrected chi connectivity index (χ0v) is 11.1. The molecule has 0 spiro atoms. The van der Waals surface area contributed by atoms with Gasteiger partial charge in [0.05, 0.1) is 0 Å². The van der Waals surface area contributed by atoms with E-state index in [9.17, 15) is 0 Å². The monoisotopic (exact) mass is 214 g/mol. The van der Waals surface area contributed by atoms with Gasteiger partial charge in [-0.3, -0.25) is 0 Å². The van der Waals surface area contributed by atoms with Crippen molar-refractivity contribution in [3.8, 4) is 11.8 Å². The largest absolute Gasteiger partial charge is 0.106 e. The van der Waals surface area contributed by atoms with Crippen molar-refractivity contribution in [1.82, 2.24) is 0 Å². The average molecular weight is 214 g/mol. The Kier molecular flexibility index (Phi) is 3.81. The summed E-state index contributed by atoms with van der Waals surface area (Å²) < 4.78 is 0. The summed E-state index contributed by atoms with van der Waals surface area (Å²) >= 11 is 0. The van der Waals surface area contributed by atoms with Crippen LogP contribution in [0.2, 0.25) is 0 Å². The lowest BCUT2D eigenvalue weighted by molar-refractivity contribution is 0.333. The second kappa shape index (κ2) is 4.74. The molecule has 0 unspecified atom stereocenters. The summed E-state index contributed by atoms with van der Waals surface area (Å²) in [5, 5.41) is 0. The van der Waals surface area contributed by atoms with Crippen LogP contribution in [0.1, 0.15) is 46.6 Å².